The van der Waals surface area contributed by atoms with Gasteiger partial charge in [-0.3, -0.25) is 4.79 Å². The van der Waals surface area contributed by atoms with Crippen LogP contribution in [0.3, 0.4) is 0 Å². The smallest absolute Gasteiger partial charge is 0.307 e. The molecule has 1 atom stereocenters. The molecule has 1 aromatic carbocycles. The molecule has 6 heteroatoms. The molecule has 21 heavy (non-hydrogen) atoms. The summed E-state index contributed by atoms with van der Waals surface area (Å²) in [4.78, 5) is 11.4. The number of nitrogens with one attached hydrogen (secondary N) is 1. The van der Waals surface area contributed by atoms with E-state index in [2.05, 4.69) is 5.32 Å². The molecule has 6 nitrogen and oxygen atoms in total. The SMILES string of the molecule is COC(=O)CC(Cc1ccc(OC)c(OC)c1)NCCO. The molecule has 1 aromatic rings. The van der Waals surface area contributed by atoms with Crippen LogP contribution in [0, 0.1) is 0 Å². The number of aliphatic hydroxyl groups is 1. The highest BCUT2D eigenvalue weighted by Crippen LogP contribution is 2.28. The van der Waals surface area contributed by atoms with E-state index in [-0.39, 0.29) is 25.0 Å². The Labute approximate surface area is 125 Å². The lowest BCUT2D eigenvalue weighted by Gasteiger charge is -2.18. The lowest BCUT2D eigenvalue weighted by Crippen LogP contribution is -2.35. The molecule has 0 amide bonds. The molecule has 1 rings (SSSR count). The number of methoxy groups -OCH3 is 3. The van der Waals surface area contributed by atoms with E-state index in [1.807, 2.05) is 18.2 Å². The van der Waals surface area contributed by atoms with Crippen LogP contribution in [-0.2, 0) is 16.0 Å². The molecule has 0 aliphatic rings. The van der Waals surface area contributed by atoms with E-state index in [0.29, 0.717) is 24.5 Å². The first-order valence-corrected chi connectivity index (χ1v) is 6.76. The van der Waals surface area contributed by atoms with Gasteiger partial charge >= 0.3 is 5.97 Å². The number of carbonyl (C=O) groups is 1. The molecular formula is C15H23NO5. The molecule has 0 saturated heterocycles. The van der Waals surface area contributed by atoms with Crippen LogP contribution in [-0.4, -0.2) is 51.6 Å². The maximum absolute atomic E-state index is 11.4. The molecular weight excluding hydrogens is 274 g/mol. The fraction of sp³-hybridized carbons (Fsp3) is 0.533. The number of hydrogen-bond donors (Lipinski definition) is 2. The molecule has 0 aliphatic heterocycles. The van der Waals surface area contributed by atoms with Crippen LogP contribution in [0.4, 0.5) is 0 Å². The topological polar surface area (TPSA) is 77.0 Å². The van der Waals surface area contributed by atoms with Crippen molar-refractivity contribution in [2.24, 2.45) is 0 Å². The van der Waals surface area contributed by atoms with Gasteiger partial charge < -0.3 is 24.6 Å². The van der Waals surface area contributed by atoms with Crippen molar-refractivity contribution in [2.45, 2.75) is 18.9 Å². The van der Waals surface area contributed by atoms with Crippen molar-refractivity contribution in [1.29, 1.82) is 0 Å². The van der Waals surface area contributed by atoms with E-state index in [0.717, 1.165) is 5.56 Å². The highest BCUT2D eigenvalue weighted by atomic mass is 16.5. The van der Waals surface area contributed by atoms with Gasteiger partial charge in [0.25, 0.3) is 0 Å². The van der Waals surface area contributed by atoms with Crippen molar-refractivity contribution in [3.05, 3.63) is 23.8 Å². The summed E-state index contributed by atoms with van der Waals surface area (Å²) in [6.07, 6.45) is 0.861. The Balaban J connectivity index is 2.79. The molecule has 0 aromatic heterocycles. The number of ether oxygens (including phenoxy) is 3. The van der Waals surface area contributed by atoms with Gasteiger partial charge in [0.1, 0.15) is 0 Å². The second-order valence-electron chi connectivity index (χ2n) is 4.55. The number of aliphatic hydroxyl groups excluding tert-OH is 1. The Bertz CT molecular complexity index is 450. The third-order valence-electron chi connectivity index (χ3n) is 3.12. The maximum Gasteiger partial charge on any atom is 0.307 e. The van der Waals surface area contributed by atoms with Gasteiger partial charge in [-0.05, 0) is 24.1 Å². The van der Waals surface area contributed by atoms with Gasteiger partial charge in [0.15, 0.2) is 11.5 Å². The molecule has 0 spiro atoms. The molecule has 0 aliphatic carbocycles. The highest BCUT2D eigenvalue weighted by Gasteiger charge is 2.15. The van der Waals surface area contributed by atoms with Crippen molar-refractivity contribution in [3.63, 3.8) is 0 Å². The van der Waals surface area contributed by atoms with E-state index in [4.69, 9.17) is 19.3 Å². The average molecular weight is 297 g/mol. The number of hydrogen-bond acceptors (Lipinski definition) is 6. The van der Waals surface area contributed by atoms with Crippen LogP contribution in [0.1, 0.15) is 12.0 Å². The molecule has 118 valence electrons. The standard InChI is InChI=1S/C15H23NO5/c1-19-13-5-4-11(9-14(13)20-2)8-12(16-6-7-17)10-15(18)21-3/h4-5,9,12,16-17H,6-8,10H2,1-3H3. The zero-order valence-corrected chi connectivity index (χ0v) is 12.7. The Morgan fingerprint density at radius 3 is 2.52 bits per heavy atom. The Kier molecular flexibility index (Phi) is 7.56. The first-order chi connectivity index (χ1) is 10.1. The number of rotatable bonds is 9. The lowest BCUT2D eigenvalue weighted by atomic mass is 10.0. The van der Waals surface area contributed by atoms with Gasteiger partial charge in [-0.25, -0.2) is 0 Å². The first-order valence-electron chi connectivity index (χ1n) is 6.76. The van der Waals surface area contributed by atoms with E-state index >= 15 is 0 Å². The fourth-order valence-electron chi connectivity index (χ4n) is 2.06. The predicted octanol–water partition coefficient (Wildman–Crippen LogP) is 0.760. The summed E-state index contributed by atoms with van der Waals surface area (Å²) in [6.45, 7) is 0.443. The van der Waals surface area contributed by atoms with Crippen molar-refractivity contribution in [1.82, 2.24) is 5.32 Å². The average Bonchev–Trinajstić information content (AvgIpc) is 2.52. The summed E-state index contributed by atoms with van der Waals surface area (Å²) in [5.74, 6) is 1.02. The summed E-state index contributed by atoms with van der Waals surface area (Å²) >= 11 is 0. The third-order valence-corrected chi connectivity index (χ3v) is 3.12. The van der Waals surface area contributed by atoms with Crippen LogP contribution in [0.25, 0.3) is 0 Å². The van der Waals surface area contributed by atoms with Crippen LogP contribution >= 0.6 is 0 Å². The Morgan fingerprint density at radius 1 is 1.24 bits per heavy atom. The highest BCUT2D eigenvalue weighted by molar-refractivity contribution is 5.70. The monoisotopic (exact) mass is 297 g/mol. The van der Waals surface area contributed by atoms with Crippen molar-refractivity contribution >= 4 is 5.97 Å². The van der Waals surface area contributed by atoms with Gasteiger partial charge in [-0.1, -0.05) is 6.07 Å². The minimum absolute atomic E-state index is 0.0175. The summed E-state index contributed by atoms with van der Waals surface area (Å²) in [5.41, 5.74) is 1.01. The zero-order chi connectivity index (χ0) is 15.7. The van der Waals surface area contributed by atoms with Gasteiger partial charge in [0.2, 0.25) is 0 Å². The summed E-state index contributed by atoms with van der Waals surface area (Å²) in [7, 11) is 4.53. The number of esters is 1. The molecule has 0 fully saturated rings. The van der Waals surface area contributed by atoms with Gasteiger partial charge in [-0.2, -0.15) is 0 Å². The molecule has 0 radical (unpaired) electrons. The molecule has 0 saturated carbocycles. The van der Waals surface area contributed by atoms with Gasteiger partial charge in [0.05, 0.1) is 34.4 Å². The molecule has 0 bridgehead atoms. The maximum atomic E-state index is 11.4. The lowest BCUT2D eigenvalue weighted by molar-refractivity contribution is -0.141. The minimum Gasteiger partial charge on any atom is -0.493 e. The minimum atomic E-state index is -0.286. The quantitative estimate of drug-likeness (QED) is 0.655. The zero-order valence-electron chi connectivity index (χ0n) is 12.7. The largest absolute Gasteiger partial charge is 0.493 e. The molecule has 2 N–H and O–H groups in total. The summed E-state index contributed by atoms with van der Waals surface area (Å²) < 4.78 is 15.2. The second kappa shape index (κ2) is 9.20. The summed E-state index contributed by atoms with van der Waals surface area (Å²) in [5, 5.41) is 12.0. The first kappa shape index (κ1) is 17.3. The number of benzene rings is 1. The molecule has 1 unspecified atom stereocenters. The predicted molar refractivity (Wildman–Crippen MR) is 78.8 cm³/mol. The van der Waals surface area contributed by atoms with Crippen molar-refractivity contribution < 1.29 is 24.1 Å². The van der Waals surface area contributed by atoms with E-state index in [1.54, 1.807) is 14.2 Å². The molecule has 0 heterocycles. The van der Waals surface area contributed by atoms with Crippen LogP contribution in [0.2, 0.25) is 0 Å². The third kappa shape index (κ3) is 5.61. The van der Waals surface area contributed by atoms with E-state index in [1.165, 1.54) is 7.11 Å². The Hall–Kier alpha value is -1.79. The van der Waals surface area contributed by atoms with Gasteiger partial charge in [-0.15, -0.1) is 0 Å². The van der Waals surface area contributed by atoms with Crippen molar-refractivity contribution in [2.75, 3.05) is 34.5 Å². The normalized spacial score (nSPS) is 11.8. The van der Waals surface area contributed by atoms with E-state index in [9.17, 15) is 4.79 Å². The number of carbonyl (C=O) groups excluding carboxylic acids is 1. The van der Waals surface area contributed by atoms with Crippen LogP contribution < -0.4 is 14.8 Å². The fourth-order valence-corrected chi connectivity index (χ4v) is 2.06. The van der Waals surface area contributed by atoms with Crippen molar-refractivity contribution in [3.8, 4) is 11.5 Å². The summed E-state index contributed by atoms with van der Waals surface area (Å²) in [6, 6.07) is 5.52. The van der Waals surface area contributed by atoms with E-state index < -0.39 is 0 Å². The second-order valence-corrected chi connectivity index (χ2v) is 4.55. The van der Waals surface area contributed by atoms with Crippen LogP contribution in [0.15, 0.2) is 18.2 Å². The Morgan fingerprint density at radius 2 is 1.95 bits per heavy atom. The van der Waals surface area contributed by atoms with Gasteiger partial charge in [0, 0.05) is 12.6 Å². The van der Waals surface area contributed by atoms with Crippen LogP contribution in [0.5, 0.6) is 11.5 Å².